The van der Waals surface area contributed by atoms with Gasteiger partial charge in [0.1, 0.15) is 11.6 Å². The van der Waals surface area contributed by atoms with E-state index in [1.54, 1.807) is 4.57 Å². The minimum atomic E-state index is -0.597. The number of hydrogen-bond donors (Lipinski definition) is 1. The Morgan fingerprint density at radius 3 is 2.24 bits per heavy atom. The van der Waals surface area contributed by atoms with Crippen LogP contribution in [0.15, 0.2) is 86.9 Å². The molecule has 1 radical (unpaired) electrons. The molecule has 5 rings (SSSR count). The molecule has 0 fully saturated rings. The minimum absolute atomic E-state index is 0. The van der Waals surface area contributed by atoms with E-state index in [9.17, 15) is 9.59 Å². The van der Waals surface area contributed by atoms with Crippen LogP contribution in [0.2, 0.25) is 0 Å². The fraction of sp³-hybridized carbons (Fsp3) is 0.250. The predicted molar refractivity (Wildman–Crippen MR) is 161 cm³/mol. The van der Waals surface area contributed by atoms with E-state index in [1.807, 2.05) is 93.6 Å². The van der Waals surface area contributed by atoms with Gasteiger partial charge in [0.25, 0.3) is 5.56 Å². The Bertz CT molecular complexity index is 1740. The fourth-order valence-corrected chi connectivity index (χ4v) is 4.88. The Kier molecular flexibility index (Phi) is 10.3. The summed E-state index contributed by atoms with van der Waals surface area (Å²) in [6.45, 7) is 7.93. The number of H-pyrrole nitrogens is 1. The molecule has 0 aliphatic heterocycles. The van der Waals surface area contributed by atoms with Crippen molar-refractivity contribution in [3.05, 3.63) is 116 Å². The third-order valence-electron chi connectivity index (χ3n) is 6.65. The van der Waals surface area contributed by atoms with E-state index in [0.29, 0.717) is 23.6 Å². The standard InChI is InChI=1S/C32H32N4O4.K/c1-5-8-29-28(31(37)36(21(4)33-29)24-15-17-25(18-16-24)39-20(2)3)19-22-11-13-23(14-12-22)26-9-6-7-10-27(26)30-34-32(38)40-35-30;/h6-7,9-18,20H,5,8,19H2,1-4H3,(H,34,35,38);. The van der Waals surface area contributed by atoms with Gasteiger partial charge in [-0.1, -0.05) is 67.0 Å². The van der Waals surface area contributed by atoms with Crippen LogP contribution in [0.5, 0.6) is 5.75 Å². The summed E-state index contributed by atoms with van der Waals surface area (Å²) in [6, 6.07) is 23.3. The van der Waals surface area contributed by atoms with Crippen LogP contribution in [-0.4, -0.2) is 77.2 Å². The molecule has 8 nitrogen and oxygen atoms in total. The Labute approximate surface area is 281 Å². The number of aromatic nitrogens is 4. The molecule has 0 aliphatic rings. The van der Waals surface area contributed by atoms with Crippen molar-refractivity contribution in [2.75, 3.05) is 0 Å². The maximum atomic E-state index is 13.9. The summed E-state index contributed by atoms with van der Waals surface area (Å²) in [5, 5.41) is 3.85. The topological polar surface area (TPSA) is 103 Å². The number of nitrogens with zero attached hydrogens (tertiary/aromatic N) is 3. The summed E-state index contributed by atoms with van der Waals surface area (Å²) in [5.74, 6) is 1.20. The van der Waals surface area contributed by atoms with Crippen molar-refractivity contribution >= 4 is 51.4 Å². The third kappa shape index (κ3) is 7.05. The van der Waals surface area contributed by atoms with Gasteiger partial charge >= 0.3 is 5.76 Å². The fourth-order valence-electron chi connectivity index (χ4n) is 4.88. The number of aryl methyl sites for hydroxylation is 2. The van der Waals surface area contributed by atoms with Gasteiger partial charge in [-0.25, -0.2) is 9.78 Å². The third-order valence-corrected chi connectivity index (χ3v) is 6.65. The maximum absolute atomic E-state index is 13.9. The molecule has 2 heterocycles. The zero-order valence-corrected chi connectivity index (χ0v) is 27.2. The van der Waals surface area contributed by atoms with Crippen molar-refractivity contribution < 1.29 is 9.26 Å². The van der Waals surface area contributed by atoms with Crippen molar-refractivity contribution in [1.82, 2.24) is 19.7 Å². The molecule has 0 bridgehead atoms. The van der Waals surface area contributed by atoms with E-state index < -0.39 is 5.76 Å². The molecular formula is C32H32KN4O4. The second-order valence-corrected chi connectivity index (χ2v) is 10.00. The molecule has 0 unspecified atom stereocenters. The van der Waals surface area contributed by atoms with Crippen LogP contribution in [-0.2, 0) is 12.8 Å². The Morgan fingerprint density at radius 2 is 1.63 bits per heavy atom. The van der Waals surface area contributed by atoms with E-state index in [4.69, 9.17) is 14.2 Å². The molecule has 0 aliphatic carbocycles. The molecule has 1 N–H and O–H groups in total. The summed E-state index contributed by atoms with van der Waals surface area (Å²) in [5.41, 5.74) is 5.87. The molecule has 9 heteroatoms. The Balaban J connectivity index is 0.00000387. The summed E-state index contributed by atoms with van der Waals surface area (Å²) < 4.78 is 12.1. The van der Waals surface area contributed by atoms with Crippen LogP contribution in [0, 0.1) is 6.92 Å². The molecule has 0 saturated heterocycles. The van der Waals surface area contributed by atoms with E-state index in [-0.39, 0.29) is 63.0 Å². The predicted octanol–water partition coefficient (Wildman–Crippen LogP) is 5.50. The van der Waals surface area contributed by atoms with Gasteiger partial charge in [-0.05, 0) is 68.1 Å². The van der Waals surface area contributed by atoms with Crippen LogP contribution in [0.25, 0.3) is 28.2 Å². The molecule has 0 amide bonds. The second-order valence-electron chi connectivity index (χ2n) is 10.00. The van der Waals surface area contributed by atoms with Crippen LogP contribution in [0.3, 0.4) is 0 Å². The normalized spacial score (nSPS) is 11.0. The minimum Gasteiger partial charge on any atom is -0.491 e. The quantitative estimate of drug-likeness (QED) is 0.233. The summed E-state index contributed by atoms with van der Waals surface area (Å²) in [4.78, 5) is 32.9. The van der Waals surface area contributed by atoms with Crippen molar-refractivity contribution in [2.24, 2.45) is 0 Å². The molecule has 0 saturated carbocycles. The van der Waals surface area contributed by atoms with Crippen LogP contribution < -0.4 is 16.1 Å². The van der Waals surface area contributed by atoms with Crippen molar-refractivity contribution in [2.45, 2.75) is 53.1 Å². The SMILES string of the molecule is CCCc1nc(C)n(-c2ccc(OC(C)C)cc2)c(=O)c1Cc1ccc(-c2ccccc2-c2noc(=O)[nH]2)cc1.[K]. The molecule has 0 spiro atoms. The van der Waals surface area contributed by atoms with Crippen LogP contribution >= 0.6 is 0 Å². The summed E-state index contributed by atoms with van der Waals surface area (Å²) in [7, 11) is 0. The van der Waals surface area contributed by atoms with E-state index in [1.165, 1.54) is 0 Å². The summed E-state index contributed by atoms with van der Waals surface area (Å²) in [6.07, 6.45) is 2.16. The van der Waals surface area contributed by atoms with Gasteiger partial charge < -0.3 is 4.74 Å². The van der Waals surface area contributed by atoms with Gasteiger partial charge in [-0.3, -0.25) is 18.9 Å². The molecule has 0 atom stereocenters. The van der Waals surface area contributed by atoms with Gasteiger partial charge in [0.2, 0.25) is 0 Å². The van der Waals surface area contributed by atoms with E-state index in [0.717, 1.165) is 52.2 Å². The van der Waals surface area contributed by atoms with E-state index in [2.05, 4.69) is 17.1 Å². The smallest absolute Gasteiger partial charge is 0.439 e. The molecule has 3 aromatic carbocycles. The van der Waals surface area contributed by atoms with Crippen LogP contribution in [0.4, 0.5) is 0 Å². The first kappa shape index (κ1) is 30.9. The number of benzene rings is 3. The maximum Gasteiger partial charge on any atom is 0.439 e. The Morgan fingerprint density at radius 1 is 0.951 bits per heavy atom. The number of rotatable bonds is 9. The average Bonchev–Trinajstić information content (AvgIpc) is 3.38. The summed E-state index contributed by atoms with van der Waals surface area (Å²) >= 11 is 0. The average molecular weight is 576 g/mol. The van der Waals surface area contributed by atoms with Gasteiger partial charge in [-0.15, -0.1) is 0 Å². The van der Waals surface area contributed by atoms with Crippen molar-refractivity contribution in [1.29, 1.82) is 0 Å². The first-order valence-electron chi connectivity index (χ1n) is 13.5. The van der Waals surface area contributed by atoms with Gasteiger partial charge in [0, 0.05) is 68.9 Å². The second kappa shape index (κ2) is 13.7. The molecular weight excluding hydrogens is 543 g/mol. The number of aromatic amines is 1. The molecule has 2 aromatic heterocycles. The zero-order valence-electron chi connectivity index (χ0n) is 24.1. The van der Waals surface area contributed by atoms with Crippen LogP contribution in [0.1, 0.15) is 49.8 Å². The number of ether oxygens (including phenoxy) is 1. The molecule has 41 heavy (non-hydrogen) atoms. The van der Waals surface area contributed by atoms with Crippen molar-refractivity contribution in [3.8, 4) is 34.0 Å². The van der Waals surface area contributed by atoms with E-state index >= 15 is 0 Å². The van der Waals surface area contributed by atoms with Gasteiger partial charge in [0.15, 0.2) is 5.82 Å². The Hall–Kier alpha value is -3.08. The zero-order chi connectivity index (χ0) is 28.2. The van der Waals surface area contributed by atoms with Gasteiger partial charge in [0.05, 0.1) is 17.5 Å². The molecule has 205 valence electrons. The van der Waals surface area contributed by atoms with Crippen molar-refractivity contribution in [3.63, 3.8) is 0 Å². The number of nitrogens with one attached hydrogen (secondary N) is 1. The first-order valence-corrected chi connectivity index (χ1v) is 13.5. The number of hydrogen-bond acceptors (Lipinski definition) is 6. The first-order chi connectivity index (χ1) is 19.3. The molecule has 5 aromatic rings. The van der Waals surface area contributed by atoms with Gasteiger partial charge in [-0.2, -0.15) is 0 Å². The monoisotopic (exact) mass is 575 g/mol. The largest absolute Gasteiger partial charge is 0.491 e.